The third-order valence-electron chi connectivity index (χ3n) is 3.82. The van der Waals surface area contributed by atoms with Crippen molar-refractivity contribution in [2.24, 2.45) is 11.7 Å². The molecule has 1 saturated carbocycles. The highest BCUT2D eigenvalue weighted by Crippen LogP contribution is 2.36. The molecule has 1 fully saturated rings. The van der Waals surface area contributed by atoms with Crippen LogP contribution in [0.3, 0.4) is 0 Å². The number of hydrogen-bond acceptors (Lipinski definition) is 2. The lowest BCUT2D eigenvalue weighted by Gasteiger charge is -2.36. The van der Waals surface area contributed by atoms with E-state index in [9.17, 15) is 4.39 Å². The predicted molar refractivity (Wildman–Crippen MR) is 70.8 cm³/mol. The van der Waals surface area contributed by atoms with E-state index in [4.69, 9.17) is 10.5 Å². The van der Waals surface area contributed by atoms with Gasteiger partial charge in [-0.3, -0.25) is 0 Å². The van der Waals surface area contributed by atoms with Gasteiger partial charge in [0.2, 0.25) is 0 Å². The Morgan fingerprint density at radius 3 is 2.83 bits per heavy atom. The highest BCUT2D eigenvalue weighted by Gasteiger charge is 2.31. The minimum Gasteiger partial charge on any atom is -0.378 e. The van der Waals surface area contributed by atoms with E-state index in [0.717, 1.165) is 37.0 Å². The van der Waals surface area contributed by atoms with Crippen molar-refractivity contribution in [2.75, 3.05) is 6.61 Å². The topological polar surface area (TPSA) is 35.2 Å². The minimum atomic E-state index is -0.202. The van der Waals surface area contributed by atoms with Crippen LogP contribution in [0.4, 0.5) is 4.39 Å². The Kier molecular flexibility index (Phi) is 4.36. The molecular weight excluding hydrogens is 229 g/mol. The second kappa shape index (κ2) is 5.81. The quantitative estimate of drug-likeness (QED) is 0.871. The molecule has 3 heteroatoms. The van der Waals surface area contributed by atoms with Gasteiger partial charge in [0.15, 0.2) is 0 Å². The number of halogens is 1. The number of rotatable bonds is 5. The first-order valence-corrected chi connectivity index (χ1v) is 6.73. The van der Waals surface area contributed by atoms with E-state index >= 15 is 0 Å². The molecule has 0 heterocycles. The normalized spacial score (nSPS) is 24.7. The molecule has 0 saturated heterocycles. The van der Waals surface area contributed by atoms with Gasteiger partial charge in [0, 0.05) is 12.6 Å². The van der Waals surface area contributed by atoms with Gasteiger partial charge in [-0.2, -0.15) is 0 Å². The molecular formula is C15H22FNO. The van der Waals surface area contributed by atoms with Crippen LogP contribution in [0.2, 0.25) is 0 Å². The molecule has 1 atom stereocenters. The zero-order chi connectivity index (χ0) is 13.1. The Balaban J connectivity index is 1.89. The minimum absolute atomic E-state index is 0.0618. The summed E-state index contributed by atoms with van der Waals surface area (Å²) >= 11 is 0. The Labute approximate surface area is 108 Å². The number of hydrogen-bond donors (Lipinski definition) is 1. The first-order chi connectivity index (χ1) is 8.60. The second-order valence-corrected chi connectivity index (χ2v) is 5.26. The fourth-order valence-electron chi connectivity index (χ4n) is 2.74. The van der Waals surface area contributed by atoms with Crippen LogP contribution in [0, 0.1) is 18.7 Å². The van der Waals surface area contributed by atoms with Gasteiger partial charge in [-0.05, 0) is 62.3 Å². The van der Waals surface area contributed by atoms with Crippen molar-refractivity contribution >= 4 is 0 Å². The molecule has 1 aliphatic carbocycles. The molecule has 2 nitrogen and oxygen atoms in total. The van der Waals surface area contributed by atoms with E-state index in [-0.39, 0.29) is 11.9 Å². The van der Waals surface area contributed by atoms with Crippen molar-refractivity contribution in [1.82, 2.24) is 0 Å². The zero-order valence-electron chi connectivity index (χ0n) is 11.2. The monoisotopic (exact) mass is 251 g/mol. The van der Waals surface area contributed by atoms with Gasteiger partial charge in [-0.1, -0.05) is 6.07 Å². The second-order valence-electron chi connectivity index (χ2n) is 5.26. The lowest BCUT2D eigenvalue weighted by atomic mass is 9.77. The summed E-state index contributed by atoms with van der Waals surface area (Å²) in [7, 11) is 0. The summed E-state index contributed by atoms with van der Waals surface area (Å²) in [4.78, 5) is 0. The molecule has 2 rings (SSSR count). The van der Waals surface area contributed by atoms with Crippen molar-refractivity contribution in [3.8, 4) is 0 Å². The number of aryl methyl sites for hydroxylation is 1. The van der Waals surface area contributed by atoms with Gasteiger partial charge in [0.05, 0.1) is 6.10 Å². The first kappa shape index (κ1) is 13.5. The number of ether oxygens (including phenoxy) is 1. The zero-order valence-corrected chi connectivity index (χ0v) is 11.2. The molecule has 1 aromatic rings. The summed E-state index contributed by atoms with van der Waals surface area (Å²) in [5, 5.41) is 0. The molecule has 100 valence electrons. The Bertz CT molecular complexity index is 401. The molecule has 1 aromatic carbocycles. The Morgan fingerprint density at radius 2 is 2.17 bits per heavy atom. The molecule has 0 bridgehead atoms. The van der Waals surface area contributed by atoms with Crippen LogP contribution in [0.5, 0.6) is 0 Å². The van der Waals surface area contributed by atoms with Gasteiger partial charge < -0.3 is 10.5 Å². The SMILES string of the molecule is CCOC1CC(CC(N)c2cc(F)ccc2C)C1. The van der Waals surface area contributed by atoms with E-state index in [1.165, 1.54) is 6.07 Å². The average Bonchev–Trinajstić information content (AvgIpc) is 2.29. The fourth-order valence-corrected chi connectivity index (χ4v) is 2.74. The van der Waals surface area contributed by atoms with Gasteiger partial charge in [0.1, 0.15) is 5.82 Å². The van der Waals surface area contributed by atoms with Gasteiger partial charge in [-0.15, -0.1) is 0 Å². The smallest absolute Gasteiger partial charge is 0.123 e. The molecule has 0 aliphatic heterocycles. The molecule has 1 unspecified atom stereocenters. The maximum absolute atomic E-state index is 13.2. The summed E-state index contributed by atoms with van der Waals surface area (Å²) in [6, 6.07) is 4.79. The van der Waals surface area contributed by atoms with Crippen molar-refractivity contribution < 1.29 is 9.13 Å². The van der Waals surface area contributed by atoms with Crippen LogP contribution < -0.4 is 5.73 Å². The molecule has 2 N–H and O–H groups in total. The predicted octanol–water partition coefficient (Wildman–Crippen LogP) is 3.34. The number of benzene rings is 1. The van der Waals surface area contributed by atoms with Crippen LogP contribution in [0.15, 0.2) is 18.2 Å². The summed E-state index contributed by atoms with van der Waals surface area (Å²) in [5.74, 6) is 0.422. The summed E-state index contributed by atoms with van der Waals surface area (Å²) in [6.45, 7) is 4.79. The van der Waals surface area contributed by atoms with E-state index < -0.39 is 0 Å². The van der Waals surface area contributed by atoms with Crippen molar-refractivity contribution in [3.05, 3.63) is 35.1 Å². The van der Waals surface area contributed by atoms with Gasteiger partial charge in [0.25, 0.3) is 0 Å². The van der Waals surface area contributed by atoms with Crippen molar-refractivity contribution in [3.63, 3.8) is 0 Å². The van der Waals surface area contributed by atoms with Gasteiger partial charge >= 0.3 is 0 Å². The molecule has 0 spiro atoms. The lowest BCUT2D eigenvalue weighted by molar-refractivity contribution is -0.0282. The van der Waals surface area contributed by atoms with Crippen LogP contribution in [0.25, 0.3) is 0 Å². The maximum atomic E-state index is 13.2. The third-order valence-corrected chi connectivity index (χ3v) is 3.82. The van der Waals surface area contributed by atoms with E-state index in [1.54, 1.807) is 12.1 Å². The largest absolute Gasteiger partial charge is 0.378 e. The molecule has 1 aliphatic rings. The van der Waals surface area contributed by atoms with E-state index in [1.807, 2.05) is 13.8 Å². The fraction of sp³-hybridized carbons (Fsp3) is 0.600. The third kappa shape index (κ3) is 3.09. The maximum Gasteiger partial charge on any atom is 0.123 e. The highest BCUT2D eigenvalue weighted by atomic mass is 19.1. The number of nitrogens with two attached hydrogens (primary N) is 1. The van der Waals surface area contributed by atoms with E-state index in [2.05, 4.69) is 0 Å². The van der Waals surface area contributed by atoms with Crippen LogP contribution >= 0.6 is 0 Å². The van der Waals surface area contributed by atoms with Crippen molar-refractivity contribution in [1.29, 1.82) is 0 Å². The Hall–Kier alpha value is -0.930. The van der Waals surface area contributed by atoms with Gasteiger partial charge in [-0.25, -0.2) is 4.39 Å². The van der Waals surface area contributed by atoms with Crippen LogP contribution in [-0.2, 0) is 4.74 Å². The molecule has 0 radical (unpaired) electrons. The summed E-state index contributed by atoms with van der Waals surface area (Å²) in [5.41, 5.74) is 8.20. The lowest BCUT2D eigenvalue weighted by Crippen LogP contribution is -2.33. The van der Waals surface area contributed by atoms with Crippen LogP contribution in [0.1, 0.15) is 43.4 Å². The molecule has 0 aromatic heterocycles. The molecule has 18 heavy (non-hydrogen) atoms. The Morgan fingerprint density at radius 1 is 1.44 bits per heavy atom. The average molecular weight is 251 g/mol. The highest BCUT2D eigenvalue weighted by molar-refractivity contribution is 5.29. The van der Waals surface area contributed by atoms with Crippen molar-refractivity contribution in [2.45, 2.75) is 45.3 Å². The standard InChI is InChI=1S/C15H22FNO/c1-3-18-13-6-11(7-13)8-15(17)14-9-12(16)5-4-10(14)2/h4-5,9,11,13,15H,3,6-8,17H2,1-2H3. The first-order valence-electron chi connectivity index (χ1n) is 6.73. The molecule has 0 amide bonds. The summed E-state index contributed by atoms with van der Waals surface area (Å²) in [6.07, 6.45) is 3.53. The van der Waals surface area contributed by atoms with E-state index in [0.29, 0.717) is 12.0 Å². The summed E-state index contributed by atoms with van der Waals surface area (Å²) < 4.78 is 18.8. The van der Waals surface area contributed by atoms with Crippen LogP contribution in [-0.4, -0.2) is 12.7 Å².